The van der Waals surface area contributed by atoms with E-state index in [1.54, 1.807) is 29.2 Å². The van der Waals surface area contributed by atoms with Crippen LogP contribution in [0.1, 0.15) is 24.2 Å². The molecular weight excluding hydrogens is 473 g/mol. The Balaban J connectivity index is 1.66. The maximum atomic E-state index is 13.2. The second-order valence-electron chi connectivity index (χ2n) is 7.86. The van der Waals surface area contributed by atoms with Gasteiger partial charge in [-0.3, -0.25) is 9.59 Å². The van der Waals surface area contributed by atoms with Crippen molar-refractivity contribution in [3.05, 3.63) is 64.1 Å². The molecule has 0 saturated carbocycles. The lowest BCUT2D eigenvalue weighted by atomic mass is 10.0. The number of piperazine rings is 1. The summed E-state index contributed by atoms with van der Waals surface area (Å²) in [5.74, 6) is -0.833. The van der Waals surface area contributed by atoms with Crippen LogP contribution in [0, 0.1) is 5.92 Å². The van der Waals surface area contributed by atoms with E-state index in [-0.39, 0.29) is 42.9 Å². The van der Waals surface area contributed by atoms with E-state index < -0.39 is 22.0 Å². The first kappa shape index (κ1) is 24.5. The quantitative estimate of drug-likeness (QED) is 0.663. The van der Waals surface area contributed by atoms with Crippen LogP contribution in [0.2, 0.25) is 10.0 Å². The minimum Gasteiger partial charge on any atom is -0.340 e. The van der Waals surface area contributed by atoms with E-state index in [0.717, 1.165) is 0 Å². The third-order valence-corrected chi connectivity index (χ3v) is 7.83. The molecule has 0 bridgehead atoms. The van der Waals surface area contributed by atoms with Crippen molar-refractivity contribution < 1.29 is 18.0 Å². The molecule has 0 aliphatic carbocycles. The topological polar surface area (TPSA) is 86.8 Å². The highest BCUT2D eigenvalue weighted by Gasteiger charge is 2.34. The van der Waals surface area contributed by atoms with Crippen LogP contribution < -0.4 is 5.32 Å². The molecule has 1 aliphatic heterocycles. The lowest BCUT2D eigenvalue weighted by Gasteiger charge is -2.36. The molecule has 2 amide bonds. The Kier molecular flexibility index (Phi) is 7.82. The Morgan fingerprint density at radius 3 is 2.09 bits per heavy atom. The molecule has 172 valence electrons. The van der Waals surface area contributed by atoms with Crippen molar-refractivity contribution in [1.82, 2.24) is 14.5 Å². The van der Waals surface area contributed by atoms with Gasteiger partial charge in [0.05, 0.1) is 15.5 Å². The maximum Gasteiger partial charge on any atom is 0.253 e. The van der Waals surface area contributed by atoms with Gasteiger partial charge in [-0.2, -0.15) is 4.31 Å². The van der Waals surface area contributed by atoms with Gasteiger partial charge in [-0.25, -0.2) is 8.42 Å². The van der Waals surface area contributed by atoms with E-state index in [1.807, 2.05) is 13.8 Å². The molecule has 1 fully saturated rings. The van der Waals surface area contributed by atoms with Crippen LogP contribution in [-0.4, -0.2) is 61.7 Å². The first-order valence-corrected chi connectivity index (χ1v) is 12.4. The molecule has 2 aromatic rings. The van der Waals surface area contributed by atoms with Crippen LogP contribution in [0.5, 0.6) is 0 Å². The fourth-order valence-corrected chi connectivity index (χ4v) is 5.25. The number of nitrogens with zero attached hydrogens (tertiary/aromatic N) is 2. The number of nitrogens with one attached hydrogen (secondary N) is 1. The maximum absolute atomic E-state index is 13.2. The summed E-state index contributed by atoms with van der Waals surface area (Å²) in [7, 11) is -3.67. The van der Waals surface area contributed by atoms with Crippen LogP contribution in [0.3, 0.4) is 0 Å². The molecule has 32 heavy (non-hydrogen) atoms. The molecule has 1 aliphatic rings. The van der Waals surface area contributed by atoms with Gasteiger partial charge >= 0.3 is 0 Å². The van der Waals surface area contributed by atoms with Crippen LogP contribution >= 0.6 is 23.2 Å². The molecule has 1 heterocycles. The van der Waals surface area contributed by atoms with Crippen LogP contribution in [0.4, 0.5) is 0 Å². The van der Waals surface area contributed by atoms with Gasteiger partial charge in [0, 0.05) is 31.2 Å². The van der Waals surface area contributed by atoms with E-state index in [0.29, 0.717) is 15.6 Å². The van der Waals surface area contributed by atoms with Gasteiger partial charge in [0.15, 0.2) is 0 Å². The summed E-state index contributed by atoms with van der Waals surface area (Å²) in [6, 6.07) is 11.9. The summed E-state index contributed by atoms with van der Waals surface area (Å²) in [5.41, 5.74) is 0.298. The third kappa shape index (κ3) is 5.43. The molecular formula is C22H25Cl2N3O4S. The number of rotatable bonds is 6. The molecule has 1 saturated heterocycles. The molecule has 1 N–H and O–H groups in total. The highest BCUT2D eigenvalue weighted by atomic mass is 35.5. The van der Waals surface area contributed by atoms with Gasteiger partial charge < -0.3 is 10.2 Å². The second kappa shape index (κ2) is 10.2. The largest absolute Gasteiger partial charge is 0.340 e. The molecule has 10 heteroatoms. The second-order valence-corrected chi connectivity index (χ2v) is 10.6. The zero-order chi connectivity index (χ0) is 23.5. The summed E-state index contributed by atoms with van der Waals surface area (Å²) in [6.07, 6.45) is 0. The Labute approximate surface area is 198 Å². The van der Waals surface area contributed by atoms with Crippen LogP contribution in [-0.2, 0) is 14.8 Å². The molecule has 2 aromatic carbocycles. The number of halogens is 2. The number of hydrogen-bond acceptors (Lipinski definition) is 4. The van der Waals surface area contributed by atoms with Crippen molar-refractivity contribution in [3.63, 3.8) is 0 Å². The van der Waals surface area contributed by atoms with Crippen molar-refractivity contribution >= 4 is 45.0 Å². The zero-order valence-electron chi connectivity index (χ0n) is 17.8. The van der Waals surface area contributed by atoms with Crippen LogP contribution in [0.15, 0.2) is 53.4 Å². The SMILES string of the molecule is CC(C)[C@H](NC(=O)c1ccccc1Cl)C(=O)N1CCN(S(=O)(=O)c2ccc(Cl)cc2)CC1. The number of amides is 2. The zero-order valence-corrected chi connectivity index (χ0v) is 20.1. The summed E-state index contributed by atoms with van der Waals surface area (Å²) < 4.78 is 27.1. The van der Waals surface area contributed by atoms with Crippen molar-refractivity contribution in [1.29, 1.82) is 0 Å². The monoisotopic (exact) mass is 497 g/mol. The van der Waals surface area contributed by atoms with Gasteiger partial charge in [-0.1, -0.05) is 49.2 Å². The lowest BCUT2D eigenvalue weighted by Crippen LogP contribution is -2.57. The van der Waals surface area contributed by atoms with E-state index in [2.05, 4.69) is 5.32 Å². The Morgan fingerprint density at radius 2 is 1.53 bits per heavy atom. The molecule has 0 unspecified atom stereocenters. The van der Waals surface area contributed by atoms with Crippen LogP contribution in [0.25, 0.3) is 0 Å². The summed E-state index contributed by atoms with van der Waals surface area (Å²) in [5, 5.41) is 3.55. The first-order valence-electron chi connectivity index (χ1n) is 10.2. The predicted molar refractivity (Wildman–Crippen MR) is 124 cm³/mol. The average molecular weight is 498 g/mol. The molecule has 1 atom stereocenters. The van der Waals surface area contributed by atoms with Crippen molar-refractivity contribution in [2.24, 2.45) is 5.92 Å². The van der Waals surface area contributed by atoms with Gasteiger partial charge in [0.25, 0.3) is 5.91 Å². The fourth-order valence-electron chi connectivity index (χ4n) is 3.48. The van der Waals surface area contributed by atoms with Gasteiger partial charge in [0.1, 0.15) is 6.04 Å². The first-order chi connectivity index (χ1) is 15.1. The van der Waals surface area contributed by atoms with E-state index in [1.165, 1.54) is 28.6 Å². The van der Waals surface area contributed by atoms with Gasteiger partial charge in [-0.05, 0) is 42.3 Å². The van der Waals surface area contributed by atoms with E-state index >= 15 is 0 Å². The minimum atomic E-state index is -3.67. The summed E-state index contributed by atoms with van der Waals surface area (Å²) in [4.78, 5) is 27.6. The molecule has 0 radical (unpaired) electrons. The third-order valence-electron chi connectivity index (χ3n) is 5.34. The normalized spacial score (nSPS) is 16.1. The van der Waals surface area contributed by atoms with E-state index in [9.17, 15) is 18.0 Å². The number of benzene rings is 2. The average Bonchev–Trinajstić information content (AvgIpc) is 2.77. The minimum absolute atomic E-state index is 0.161. The van der Waals surface area contributed by atoms with Gasteiger partial charge in [0.2, 0.25) is 15.9 Å². The molecule has 3 rings (SSSR count). The fraction of sp³-hybridized carbons (Fsp3) is 0.364. The van der Waals surface area contributed by atoms with Crippen molar-refractivity contribution in [2.75, 3.05) is 26.2 Å². The van der Waals surface area contributed by atoms with Crippen molar-refractivity contribution in [3.8, 4) is 0 Å². The predicted octanol–water partition coefficient (Wildman–Crippen LogP) is 3.28. The highest BCUT2D eigenvalue weighted by molar-refractivity contribution is 7.89. The smallest absolute Gasteiger partial charge is 0.253 e. The number of sulfonamides is 1. The lowest BCUT2D eigenvalue weighted by molar-refractivity contribution is -0.135. The molecule has 7 nitrogen and oxygen atoms in total. The van der Waals surface area contributed by atoms with E-state index in [4.69, 9.17) is 23.2 Å². The molecule has 0 spiro atoms. The Hall–Kier alpha value is -2.13. The number of hydrogen-bond donors (Lipinski definition) is 1. The number of carbonyl (C=O) groups is 2. The summed E-state index contributed by atoms with van der Waals surface area (Å²) in [6.45, 7) is 4.49. The summed E-state index contributed by atoms with van der Waals surface area (Å²) >= 11 is 12.0. The Morgan fingerprint density at radius 1 is 0.938 bits per heavy atom. The Bertz CT molecular complexity index is 1080. The highest BCUT2D eigenvalue weighted by Crippen LogP contribution is 2.21. The molecule has 0 aromatic heterocycles. The standard InChI is InChI=1S/C22H25Cl2N3O4S/c1-15(2)20(25-21(28)18-5-3-4-6-19(18)24)22(29)26-11-13-27(14-12-26)32(30,31)17-9-7-16(23)8-10-17/h3-10,15,20H,11-14H2,1-2H3,(H,25,28)/t20-/m0/s1. The van der Waals surface area contributed by atoms with Gasteiger partial charge in [-0.15, -0.1) is 0 Å². The number of carbonyl (C=O) groups excluding carboxylic acids is 2. The van der Waals surface area contributed by atoms with Crippen molar-refractivity contribution in [2.45, 2.75) is 24.8 Å².